The first-order chi connectivity index (χ1) is 9.67. The Morgan fingerprint density at radius 3 is 2.95 bits per heavy atom. The van der Waals surface area contributed by atoms with Crippen LogP contribution in [0, 0.1) is 6.92 Å². The Morgan fingerprint density at radius 1 is 1.30 bits per heavy atom. The van der Waals surface area contributed by atoms with Crippen molar-refractivity contribution in [2.24, 2.45) is 0 Å². The number of fused-ring (bicyclic) bond motifs is 1. The molecule has 6 nitrogen and oxygen atoms in total. The molecule has 3 rings (SSSR count). The van der Waals surface area contributed by atoms with Gasteiger partial charge in [-0.3, -0.25) is 9.48 Å². The van der Waals surface area contributed by atoms with E-state index < -0.39 is 0 Å². The minimum absolute atomic E-state index is 0.0473. The molecule has 2 aromatic rings. The lowest BCUT2D eigenvalue weighted by Crippen LogP contribution is -2.32. The van der Waals surface area contributed by atoms with E-state index in [0.29, 0.717) is 6.54 Å². The van der Waals surface area contributed by atoms with E-state index in [4.69, 9.17) is 0 Å². The van der Waals surface area contributed by atoms with Crippen molar-refractivity contribution < 1.29 is 0 Å². The molecule has 3 heterocycles. The van der Waals surface area contributed by atoms with Gasteiger partial charge in [-0.05, 0) is 25.5 Å². The lowest BCUT2D eigenvalue weighted by atomic mass is 10.1. The summed E-state index contributed by atoms with van der Waals surface area (Å²) in [6.07, 6.45) is 0.877. The zero-order valence-corrected chi connectivity index (χ0v) is 11.9. The van der Waals surface area contributed by atoms with Gasteiger partial charge in [-0.2, -0.15) is 10.2 Å². The molecule has 6 heteroatoms. The zero-order valence-electron chi connectivity index (χ0n) is 11.9. The molecule has 0 saturated carbocycles. The van der Waals surface area contributed by atoms with Crippen LogP contribution in [0.4, 0.5) is 0 Å². The van der Waals surface area contributed by atoms with Gasteiger partial charge < -0.3 is 5.32 Å². The standard InChI is InChI=1S/C14H19N5O/c1-3-18-12(6-10(2)16-18)9-19-14(20)7-11-8-15-5-4-13(11)17-19/h6-7,15H,3-5,8-9H2,1-2H3. The summed E-state index contributed by atoms with van der Waals surface area (Å²) in [5, 5.41) is 12.2. The Morgan fingerprint density at radius 2 is 2.15 bits per heavy atom. The van der Waals surface area contributed by atoms with E-state index in [2.05, 4.69) is 15.5 Å². The Balaban J connectivity index is 1.96. The Bertz CT molecular complexity index is 685. The third kappa shape index (κ3) is 2.38. The summed E-state index contributed by atoms with van der Waals surface area (Å²) in [7, 11) is 0. The van der Waals surface area contributed by atoms with Gasteiger partial charge in [0.25, 0.3) is 5.56 Å². The molecule has 1 aliphatic rings. The van der Waals surface area contributed by atoms with Crippen molar-refractivity contribution in [3.05, 3.63) is 45.1 Å². The van der Waals surface area contributed by atoms with Gasteiger partial charge in [-0.15, -0.1) is 0 Å². The maximum atomic E-state index is 12.1. The van der Waals surface area contributed by atoms with Gasteiger partial charge in [0.2, 0.25) is 0 Å². The Labute approximate surface area is 117 Å². The quantitative estimate of drug-likeness (QED) is 0.882. The highest BCUT2D eigenvalue weighted by molar-refractivity contribution is 5.20. The third-order valence-electron chi connectivity index (χ3n) is 3.62. The molecule has 0 fully saturated rings. The molecule has 0 unspecified atom stereocenters. The van der Waals surface area contributed by atoms with E-state index in [-0.39, 0.29) is 5.56 Å². The third-order valence-corrected chi connectivity index (χ3v) is 3.62. The van der Waals surface area contributed by atoms with Crippen molar-refractivity contribution in [3.63, 3.8) is 0 Å². The molecule has 0 saturated heterocycles. The molecule has 0 spiro atoms. The van der Waals surface area contributed by atoms with Crippen LogP contribution in [0.2, 0.25) is 0 Å². The van der Waals surface area contributed by atoms with Crippen LogP contribution in [0.1, 0.15) is 29.6 Å². The molecule has 106 valence electrons. The van der Waals surface area contributed by atoms with Crippen molar-refractivity contribution in [1.29, 1.82) is 0 Å². The highest BCUT2D eigenvalue weighted by Crippen LogP contribution is 2.09. The SMILES string of the molecule is CCn1nc(C)cc1Cn1nc2c(cc1=O)CNCC2. The maximum absolute atomic E-state index is 12.1. The molecule has 0 radical (unpaired) electrons. The molecule has 20 heavy (non-hydrogen) atoms. The first-order valence-electron chi connectivity index (χ1n) is 7.01. The van der Waals surface area contributed by atoms with Crippen molar-refractivity contribution in [2.45, 2.75) is 39.9 Å². The smallest absolute Gasteiger partial charge is 0.267 e. The summed E-state index contributed by atoms with van der Waals surface area (Å²) in [6.45, 7) is 6.95. The van der Waals surface area contributed by atoms with Crippen LogP contribution < -0.4 is 10.9 Å². The lowest BCUT2D eigenvalue weighted by molar-refractivity contribution is 0.532. The van der Waals surface area contributed by atoms with Crippen LogP contribution in [0.25, 0.3) is 0 Å². The van der Waals surface area contributed by atoms with Crippen LogP contribution in [0.5, 0.6) is 0 Å². The summed E-state index contributed by atoms with van der Waals surface area (Å²) in [6, 6.07) is 3.71. The first kappa shape index (κ1) is 13.1. The van der Waals surface area contributed by atoms with Crippen LogP contribution >= 0.6 is 0 Å². The highest BCUT2D eigenvalue weighted by atomic mass is 16.1. The van der Waals surface area contributed by atoms with Crippen LogP contribution in [-0.2, 0) is 26.1 Å². The number of aromatic nitrogens is 4. The lowest BCUT2D eigenvalue weighted by Gasteiger charge is -2.17. The molecule has 0 amide bonds. The monoisotopic (exact) mass is 273 g/mol. The van der Waals surface area contributed by atoms with Crippen molar-refractivity contribution in [3.8, 4) is 0 Å². The molecule has 1 N–H and O–H groups in total. The second kappa shape index (κ2) is 5.20. The molecule has 1 aliphatic heterocycles. The van der Waals surface area contributed by atoms with E-state index in [9.17, 15) is 4.79 Å². The minimum atomic E-state index is -0.0473. The van der Waals surface area contributed by atoms with Crippen LogP contribution in [-0.4, -0.2) is 26.1 Å². The Kier molecular flexibility index (Phi) is 3.40. The fourth-order valence-electron chi connectivity index (χ4n) is 2.63. The van der Waals surface area contributed by atoms with Gasteiger partial charge in [-0.1, -0.05) is 0 Å². The average Bonchev–Trinajstić information content (AvgIpc) is 2.79. The molecule has 0 aromatic carbocycles. The zero-order chi connectivity index (χ0) is 14.1. The van der Waals surface area contributed by atoms with Gasteiger partial charge in [0.1, 0.15) is 0 Å². The number of hydrogen-bond acceptors (Lipinski definition) is 4. The molecular formula is C14H19N5O. The van der Waals surface area contributed by atoms with E-state index in [1.165, 1.54) is 0 Å². The fourth-order valence-corrected chi connectivity index (χ4v) is 2.63. The van der Waals surface area contributed by atoms with Gasteiger partial charge >= 0.3 is 0 Å². The second-order valence-corrected chi connectivity index (χ2v) is 5.13. The summed E-state index contributed by atoms with van der Waals surface area (Å²) in [4.78, 5) is 12.1. The number of nitrogens with one attached hydrogen (secondary N) is 1. The largest absolute Gasteiger partial charge is 0.312 e. The van der Waals surface area contributed by atoms with Crippen LogP contribution in [0.15, 0.2) is 16.9 Å². The van der Waals surface area contributed by atoms with Gasteiger partial charge in [0.15, 0.2) is 0 Å². The topological polar surface area (TPSA) is 64.7 Å². The number of hydrogen-bond donors (Lipinski definition) is 1. The van der Waals surface area contributed by atoms with Gasteiger partial charge in [-0.25, -0.2) is 4.68 Å². The van der Waals surface area contributed by atoms with Gasteiger partial charge in [0.05, 0.1) is 23.6 Å². The number of nitrogens with zero attached hydrogens (tertiary/aromatic N) is 4. The van der Waals surface area contributed by atoms with Crippen molar-refractivity contribution in [2.75, 3.05) is 6.54 Å². The predicted molar refractivity (Wildman–Crippen MR) is 75.6 cm³/mol. The van der Waals surface area contributed by atoms with Crippen LogP contribution in [0.3, 0.4) is 0 Å². The first-order valence-corrected chi connectivity index (χ1v) is 7.01. The number of aryl methyl sites for hydroxylation is 2. The fraction of sp³-hybridized carbons (Fsp3) is 0.500. The van der Waals surface area contributed by atoms with E-state index in [1.807, 2.05) is 24.6 Å². The van der Waals surface area contributed by atoms with Gasteiger partial charge in [0, 0.05) is 32.1 Å². The summed E-state index contributed by atoms with van der Waals surface area (Å²) < 4.78 is 3.47. The summed E-state index contributed by atoms with van der Waals surface area (Å²) >= 11 is 0. The normalized spacial score (nSPS) is 14.3. The highest BCUT2D eigenvalue weighted by Gasteiger charge is 2.14. The number of rotatable bonds is 3. The Hall–Kier alpha value is -1.95. The van der Waals surface area contributed by atoms with E-state index in [1.54, 1.807) is 10.7 Å². The second-order valence-electron chi connectivity index (χ2n) is 5.13. The summed E-state index contributed by atoms with van der Waals surface area (Å²) in [5.41, 5.74) is 4.00. The predicted octanol–water partition coefficient (Wildman–Crippen LogP) is 0.462. The van der Waals surface area contributed by atoms with E-state index >= 15 is 0 Å². The maximum Gasteiger partial charge on any atom is 0.267 e. The molecule has 2 aromatic heterocycles. The molecule has 0 atom stereocenters. The summed E-state index contributed by atoms with van der Waals surface area (Å²) in [5.74, 6) is 0. The van der Waals surface area contributed by atoms with Crippen molar-refractivity contribution >= 4 is 0 Å². The minimum Gasteiger partial charge on any atom is -0.312 e. The average molecular weight is 273 g/mol. The molecule has 0 aliphatic carbocycles. The van der Waals surface area contributed by atoms with E-state index in [0.717, 1.165) is 48.7 Å². The molecule has 0 bridgehead atoms. The molecular weight excluding hydrogens is 254 g/mol. The van der Waals surface area contributed by atoms with Crippen molar-refractivity contribution in [1.82, 2.24) is 24.9 Å².